The summed E-state index contributed by atoms with van der Waals surface area (Å²) in [5.41, 5.74) is 2.62. The molecule has 2 bridgehead atoms. The van der Waals surface area contributed by atoms with Crippen molar-refractivity contribution in [1.82, 2.24) is 24.8 Å². The Balaban J connectivity index is 1.42. The van der Waals surface area contributed by atoms with E-state index in [1.165, 1.54) is 19.4 Å². The highest BCUT2D eigenvalue weighted by atomic mass is 28.3. The Morgan fingerprint density at radius 2 is 1.67 bits per heavy atom. The lowest BCUT2D eigenvalue weighted by Crippen LogP contribution is -2.57. The first-order valence-electron chi connectivity index (χ1n) is 22.3. The number of rotatable bonds is 12. The summed E-state index contributed by atoms with van der Waals surface area (Å²) in [4.78, 5) is 45.8. The van der Waals surface area contributed by atoms with Crippen LogP contribution in [-0.2, 0) is 14.3 Å². The lowest BCUT2D eigenvalue weighted by molar-refractivity contribution is -0.151. The van der Waals surface area contributed by atoms with Crippen molar-refractivity contribution in [2.24, 2.45) is 0 Å². The van der Waals surface area contributed by atoms with Crippen LogP contribution in [0, 0.1) is 23.1 Å². The first-order chi connectivity index (χ1) is 30.2. The van der Waals surface area contributed by atoms with Gasteiger partial charge in [-0.05, 0) is 100 Å². The lowest BCUT2D eigenvalue weighted by atomic mass is 9.95. The van der Waals surface area contributed by atoms with Gasteiger partial charge >= 0.3 is 18.1 Å². The van der Waals surface area contributed by atoms with Gasteiger partial charge in [0.1, 0.15) is 48.9 Å². The van der Waals surface area contributed by atoms with Crippen molar-refractivity contribution in [2.45, 2.75) is 128 Å². The largest absolute Gasteiger partial charge is 0.480 e. The number of amides is 1. The number of piperazine rings is 1. The first kappa shape index (κ1) is 46.9. The molecule has 1 amide bonds. The summed E-state index contributed by atoms with van der Waals surface area (Å²) in [6.07, 6.45) is 3.61. The van der Waals surface area contributed by atoms with Crippen LogP contribution in [0.5, 0.6) is 11.8 Å². The highest BCUT2D eigenvalue weighted by molar-refractivity contribution is 6.90. The second kappa shape index (κ2) is 18.0. The summed E-state index contributed by atoms with van der Waals surface area (Å²) < 4.78 is 57.3. The SMILES string of the molecule is COCOc1cc(-c2ncc3c(N4C[C@H]5CC[C@@H](C4)N5C(=O)OC(C)(C)C)nc(OC[C@@]4(C(=O)O)CCCN4C)nc3c2F)c2c(C#C[Si](C(C)C)(C(C)C)C(C)C)c(F)ccc2c1. The summed E-state index contributed by atoms with van der Waals surface area (Å²) in [5, 5.41) is 11.6. The zero-order valence-electron chi connectivity index (χ0n) is 39.0. The van der Waals surface area contributed by atoms with Crippen molar-refractivity contribution in [3.05, 3.63) is 47.7 Å². The van der Waals surface area contributed by atoms with Gasteiger partial charge in [0.2, 0.25) is 0 Å². The monoisotopic (exact) mass is 900 g/mol. The molecule has 0 unspecified atom stereocenters. The molecule has 0 saturated carbocycles. The van der Waals surface area contributed by atoms with Crippen molar-refractivity contribution in [3.8, 4) is 34.5 Å². The molecule has 5 heterocycles. The van der Waals surface area contributed by atoms with Crippen LogP contribution in [0.15, 0.2) is 30.5 Å². The molecular formula is C48H62F2N6O7Si. The predicted molar refractivity (Wildman–Crippen MR) is 245 cm³/mol. The van der Waals surface area contributed by atoms with Gasteiger partial charge in [-0.25, -0.2) is 13.6 Å². The molecule has 3 atom stereocenters. The minimum atomic E-state index is -2.35. The maximum Gasteiger partial charge on any atom is 0.410 e. The Morgan fingerprint density at radius 1 is 1.00 bits per heavy atom. The van der Waals surface area contributed by atoms with Crippen LogP contribution < -0.4 is 14.4 Å². The molecule has 0 spiro atoms. The summed E-state index contributed by atoms with van der Waals surface area (Å²) in [6.45, 7) is 19.6. The molecule has 0 radical (unpaired) electrons. The average molecular weight is 901 g/mol. The molecule has 2 aromatic heterocycles. The summed E-state index contributed by atoms with van der Waals surface area (Å²) in [5.74, 6) is 1.58. The van der Waals surface area contributed by atoms with E-state index in [0.29, 0.717) is 54.8 Å². The Labute approximate surface area is 375 Å². The highest BCUT2D eigenvalue weighted by Crippen LogP contribution is 2.43. The molecule has 3 aliphatic rings. The molecule has 16 heteroatoms. The fraction of sp³-hybridized carbons (Fsp3) is 0.562. The second-order valence-electron chi connectivity index (χ2n) is 19.5. The first-order valence-corrected chi connectivity index (χ1v) is 24.6. The van der Waals surface area contributed by atoms with Gasteiger partial charge in [0.25, 0.3) is 0 Å². The maximum atomic E-state index is 17.8. The number of halogens is 2. The van der Waals surface area contributed by atoms with Crippen LogP contribution >= 0.6 is 0 Å². The van der Waals surface area contributed by atoms with E-state index >= 15 is 8.78 Å². The van der Waals surface area contributed by atoms with Gasteiger partial charge in [0.15, 0.2) is 18.1 Å². The second-order valence-corrected chi connectivity index (χ2v) is 25.1. The molecule has 3 fully saturated rings. The van der Waals surface area contributed by atoms with Crippen LogP contribution in [0.2, 0.25) is 16.6 Å². The molecule has 13 nitrogen and oxygen atoms in total. The van der Waals surface area contributed by atoms with Crippen molar-refractivity contribution >= 4 is 47.6 Å². The predicted octanol–water partition coefficient (Wildman–Crippen LogP) is 9.19. The smallest absolute Gasteiger partial charge is 0.410 e. The van der Waals surface area contributed by atoms with Crippen molar-refractivity contribution in [3.63, 3.8) is 0 Å². The molecule has 3 saturated heterocycles. The third kappa shape index (κ3) is 8.58. The van der Waals surface area contributed by atoms with Gasteiger partial charge in [-0.2, -0.15) is 9.97 Å². The Morgan fingerprint density at radius 3 is 2.25 bits per heavy atom. The van der Waals surface area contributed by atoms with Gasteiger partial charge in [0.05, 0.1) is 23.0 Å². The van der Waals surface area contributed by atoms with Crippen LogP contribution in [0.4, 0.5) is 19.4 Å². The van der Waals surface area contributed by atoms with Crippen molar-refractivity contribution < 1.29 is 42.4 Å². The van der Waals surface area contributed by atoms with E-state index in [1.54, 1.807) is 35.0 Å². The molecule has 0 aliphatic carbocycles. The number of fused-ring (bicyclic) bond motifs is 4. The van der Waals surface area contributed by atoms with Gasteiger partial charge in [0, 0.05) is 37.3 Å². The quantitative estimate of drug-likeness (QED) is 0.0824. The number of carbonyl (C=O) groups is 2. The Hall–Kier alpha value is -5.11. The third-order valence-corrected chi connectivity index (χ3v) is 19.9. The number of carboxylic acids is 1. The fourth-order valence-corrected chi connectivity index (χ4v) is 15.7. The van der Waals surface area contributed by atoms with E-state index < -0.39 is 36.8 Å². The molecule has 7 rings (SSSR count). The minimum Gasteiger partial charge on any atom is -0.480 e. The number of pyridine rings is 1. The number of ether oxygens (including phenoxy) is 4. The molecule has 64 heavy (non-hydrogen) atoms. The maximum absolute atomic E-state index is 17.8. The fourth-order valence-electron chi connectivity index (χ4n) is 10.5. The molecule has 3 aliphatic heterocycles. The zero-order valence-corrected chi connectivity index (χ0v) is 40.0. The van der Waals surface area contributed by atoms with Crippen molar-refractivity contribution in [1.29, 1.82) is 0 Å². The van der Waals surface area contributed by atoms with Crippen LogP contribution in [0.1, 0.15) is 93.6 Å². The van der Waals surface area contributed by atoms with Gasteiger partial charge in [-0.3, -0.25) is 19.6 Å². The zero-order chi connectivity index (χ0) is 46.5. The van der Waals surface area contributed by atoms with E-state index in [0.717, 1.165) is 12.8 Å². The van der Waals surface area contributed by atoms with E-state index in [9.17, 15) is 14.7 Å². The van der Waals surface area contributed by atoms with E-state index in [-0.39, 0.29) is 81.9 Å². The van der Waals surface area contributed by atoms with Crippen LogP contribution in [-0.4, -0.2) is 120 Å². The highest BCUT2D eigenvalue weighted by Gasteiger charge is 2.48. The molecular weight excluding hydrogens is 839 g/mol. The number of likely N-dealkylation sites (tertiary alicyclic amines) is 1. The summed E-state index contributed by atoms with van der Waals surface area (Å²) >= 11 is 0. The van der Waals surface area contributed by atoms with Gasteiger partial charge in [-0.15, -0.1) is 5.54 Å². The average Bonchev–Trinajstić information content (AvgIpc) is 3.74. The number of likely N-dealkylation sites (N-methyl/N-ethyl adjacent to an activating group) is 1. The number of anilines is 1. The number of benzene rings is 2. The number of hydrogen-bond acceptors (Lipinski definition) is 11. The molecule has 1 N–H and O–H groups in total. The number of methoxy groups -OCH3 is 1. The Bertz CT molecular complexity index is 2470. The number of nitrogens with zero attached hydrogens (tertiary/aromatic N) is 6. The topological polar surface area (TPSA) is 140 Å². The van der Waals surface area contributed by atoms with Crippen molar-refractivity contribution in [2.75, 3.05) is 52.1 Å². The lowest BCUT2D eigenvalue weighted by Gasteiger charge is -2.42. The molecule has 2 aromatic carbocycles. The standard InChI is InChI=1S/C48H62F2N6O7Si/c1-28(2)64(29(3)4,30(5)6)20-17-35-38(49)16-13-31-21-34(62-27-60-11)22-36(39(31)35)41-40(50)42-37(23-51-41)43(53-45(52-42)61-26-48(44(57)58)18-12-19-54(48)10)55-24-32-14-15-33(25-55)56(32)46(59)63-47(7,8)9/h13,16,21-23,28-30,32-33H,12,14-15,18-19,24-27H2,1-11H3,(H,57,58)/t32-,33+,48-/m1/s1. The van der Waals surface area contributed by atoms with Gasteiger partial charge < -0.3 is 29.0 Å². The third-order valence-electron chi connectivity index (χ3n) is 13.6. The number of aliphatic carboxylic acids is 1. The normalized spacial score (nSPS) is 20.4. The van der Waals surface area contributed by atoms with Crippen LogP contribution in [0.25, 0.3) is 32.9 Å². The van der Waals surface area contributed by atoms with E-state index in [1.807, 2.05) is 25.7 Å². The number of aromatic nitrogens is 3. The Kier molecular flexibility index (Phi) is 13.2. The molecule has 4 aromatic rings. The minimum absolute atomic E-state index is 0.0921. The van der Waals surface area contributed by atoms with Gasteiger partial charge in [-0.1, -0.05) is 53.5 Å². The van der Waals surface area contributed by atoms with Crippen LogP contribution in [0.3, 0.4) is 0 Å². The van der Waals surface area contributed by atoms with E-state index in [2.05, 4.69) is 58.0 Å². The summed E-state index contributed by atoms with van der Waals surface area (Å²) in [7, 11) is 0.884. The number of hydrogen-bond donors (Lipinski definition) is 1. The summed E-state index contributed by atoms with van der Waals surface area (Å²) in [6, 6.07) is 5.72. The number of carbonyl (C=O) groups excluding carboxylic acids is 1. The molecule has 344 valence electrons. The van der Waals surface area contributed by atoms with E-state index in [4.69, 9.17) is 28.9 Å². The number of carboxylic acid groups (broad SMARTS) is 1.